The monoisotopic (exact) mass is 255 g/mol. The number of hydrogen-bond donors (Lipinski definition) is 1. The molecular formula is C16H21N3. The zero-order valence-corrected chi connectivity index (χ0v) is 11.6. The molecule has 19 heavy (non-hydrogen) atoms. The van der Waals surface area contributed by atoms with Crippen LogP contribution in [0.15, 0.2) is 42.6 Å². The van der Waals surface area contributed by atoms with E-state index in [1.165, 1.54) is 5.56 Å². The molecule has 2 N–H and O–H groups in total. The maximum absolute atomic E-state index is 5.85. The standard InChI is InChI=1S/C16H21N3/c1-3-19(12-15-6-4-5-9-18-15)11-14-7-8-16(17)13(2)10-14/h4-10H,3,11-12,17H2,1-2H3. The number of hydrogen-bond acceptors (Lipinski definition) is 3. The Morgan fingerprint density at radius 2 is 2.00 bits per heavy atom. The summed E-state index contributed by atoms with van der Waals surface area (Å²) in [6.07, 6.45) is 1.84. The molecule has 3 heteroatoms. The molecule has 0 atom stereocenters. The van der Waals surface area contributed by atoms with Gasteiger partial charge in [-0.25, -0.2) is 0 Å². The van der Waals surface area contributed by atoms with Crippen LogP contribution in [0, 0.1) is 6.92 Å². The average molecular weight is 255 g/mol. The number of benzene rings is 1. The van der Waals surface area contributed by atoms with Crippen LogP contribution in [0.1, 0.15) is 23.7 Å². The molecule has 1 heterocycles. The van der Waals surface area contributed by atoms with E-state index in [9.17, 15) is 0 Å². The minimum Gasteiger partial charge on any atom is -0.399 e. The molecule has 0 unspecified atom stereocenters. The van der Waals surface area contributed by atoms with Crippen LogP contribution in [0.4, 0.5) is 5.69 Å². The first kappa shape index (κ1) is 13.6. The van der Waals surface area contributed by atoms with Gasteiger partial charge in [0.15, 0.2) is 0 Å². The molecule has 0 amide bonds. The van der Waals surface area contributed by atoms with Crippen molar-refractivity contribution in [1.29, 1.82) is 0 Å². The summed E-state index contributed by atoms with van der Waals surface area (Å²) in [5.41, 5.74) is 10.3. The summed E-state index contributed by atoms with van der Waals surface area (Å²) in [6, 6.07) is 12.3. The fourth-order valence-corrected chi connectivity index (χ4v) is 2.09. The summed E-state index contributed by atoms with van der Waals surface area (Å²) in [7, 11) is 0. The molecule has 0 aliphatic heterocycles. The molecule has 100 valence electrons. The summed E-state index contributed by atoms with van der Waals surface area (Å²) in [5, 5.41) is 0. The van der Waals surface area contributed by atoms with Crippen molar-refractivity contribution < 1.29 is 0 Å². The SMILES string of the molecule is CCN(Cc1ccc(N)c(C)c1)Cc1ccccn1. The molecule has 0 aliphatic rings. The van der Waals surface area contributed by atoms with Gasteiger partial charge in [0, 0.05) is 25.0 Å². The molecule has 2 aromatic rings. The maximum atomic E-state index is 5.85. The lowest BCUT2D eigenvalue weighted by Crippen LogP contribution is -2.22. The van der Waals surface area contributed by atoms with E-state index in [0.29, 0.717) is 0 Å². The summed E-state index contributed by atoms with van der Waals surface area (Å²) >= 11 is 0. The highest BCUT2D eigenvalue weighted by atomic mass is 15.1. The number of nitrogens with two attached hydrogens (primary N) is 1. The van der Waals surface area contributed by atoms with Gasteiger partial charge in [-0.05, 0) is 42.8 Å². The molecule has 0 saturated carbocycles. The summed E-state index contributed by atoms with van der Waals surface area (Å²) in [4.78, 5) is 6.75. The largest absolute Gasteiger partial charge is 0.399 e. The fraction of sp³-hybridized carbons (Fsp3) is 0.312. The Bertz CT molecular complexity index is 523. The van der Waals surface area contributed by atoms with Crippen molar-refractivity contribution in [3.63, 3.8) is 0 Å². The number of nitrogen functional groups attached to an aromatic ring is 1. The van der Waals surface area contributed by atoms with Crippen LogP contribution in [0.5, 0.6) is 0 Å². The number of aryl methyl sites for hydroxylation is 1. The molecule has 1 aromatic heterocycles. The fourth-order valence-electron chi connectivity index (χ4n) is 2.09. The Morgan fingerprint density at radius 3 is 2.63 bits per heavy atom. The molecule has 0 saturated heterocycles. The van der Waals surface area contributed by atoms with Crippen molar-refractivity contribution in [2.45, 2.75) is 26.9 Å². The summed E-state index contributed by atoms with van der Waals surface area (Å²) in [5.74, 6) is 0. The molecular weight excluding hydrogens is 234 g/mol. The second-order valence-corrected chi connectivity index (χ2v) is 4.82. The molecule has 1 aromatic carbocycles. The summed E-state index contributed by atoms with van der Waals surface area (Å²) in [6.45, 7) is 7.02. The maximum Gasteiger partial charge on any atom is 0.0544 e. The topological polar surface area (TPSA) is 42.1 Å². The molecule has 0 spiro atoms. The lowest BCUT2D eigenvalue weighted by Gasteiger charge is -2.20. The van der Waals surface area contributed by atoms with Crippen molar-refractivity contribution in [1.82, 2.24) is 9.88 Å². The van der Waals surface area contributed by atoms with E-state index in [0.717, 1.165) is 36.6 Å². The second-order valence-electron chi connectivity index (χ2n) is 4.82. The first-order valence-electron chi connectivity index (χ1n) is 6.66. The van der Waals surface area contributed by atoms with Crippen molar-refractivity contribution in [2.24, 2.45) is 0 Å². The minimum absolute atomic E-state index is 0.858. The van der Waals surface area contributed by atoms with Crippen molar-refractivity contribution in [3.05, 3.63) is 59.4 Å². The predicted molar refractivity (Wildman–Crippen MR) is 79.6 cm³/mol. The van der Waals surface area contributed by atoms with Gasteiger partial charge >= 0.3 is 0 Å². The van der Waals surface area contributed by atoms with Crippen LogP contribution in [0.25, 0.3) is 0 Å². The number of anilines is 1. The van der Waals surface area contributed by atoms with Crippen LogP contribution in [-0.2, 0) is 13.1 Å². The van der Waals surface area contributed by atoms with Crippen LogP contribution >= 0.6 is 0 Å². The van der Waals surface area contributed by atoms with Crippen LogP contribution in [-0.4, -0.2) is 16.4 Å². The van der Waals surface area contributed by atoms with Gasteiger partial charge in [-0.2, -0.15) is 0 Å². The van der Waals surface area contributed by atoms with E-state index in [1.54, 1.807) is 0 Å². The normalized spacial score (nSPS) is 10.9. The second kappa shape index (κ2) is 6.34. The first-order chi connectivity index (χ1) is 9.19. The highest BCUT2D eigenvalue weighted by molar-refractivity contribution is 5.47. The average Bonchev–Trinajstić information content (AvgIpc) is 2.43. The van der Waals surface area contributed by atoms with E-state index in [2.05, 4.69) is 35.0 Å². The van der Waals surface area contributed by atoms with E-state index in [-0.39, 0.29) is 0 Å². The Balaban J connectivity index is 2.04. The van der Waals surface area contributed by atoms with Gasteiger partial charge < -0.3 is 5.73 Å². The molecule has 2 rings (SSSR count). The lowest BCUT2D eigenvalue weighted by atomic mass is 10.1. The van der Waals surface area contributed by atoms with E-state index in [4.69, 9.17) is 5.73 Å². The van der Waals surface area contributed by atoms with E-state index >= 15 is 0 Å². The highest BCUT2D eigenvalue weighted by Crippen LogP contribution is 2.15. The Labute approximate surface area is 115 Å². The number of nitrogens with zero attached hydrogens (tertiary/aromatic N) is 2. The summed E-state index contributed by atoms with van der Waals surface area (Å²) < 4.78 is 0. The lowest BCUT2D eigenvalue weighted by molar-refractivity contribution is 0.268. The Hall–Kier alpha value is -1.87. The third-order valence-corrected chi connectivity index (χ3v) is 3.30. The number of pyridine rings is 1. The third kappa shape index (κ3) is 3.80. The number of aromatic nitrogens is 1. The Kier molecular flexibility index (Phi) is 4.53. The zero-order valence-electron chi connectivity index (χ0n) is 11.6. The van der Waals surface area contributed by atoms with Gasteiger partial charge in [-0.3, -0.25) is 9.88 Å². The Morgan fingerprint density at radius 1 is 1.16 bits per heavy atom. The van der Waals surface area contributed by atoms with Crippen molar-refractivity contribution in [2.75, 3.05) is 12.3 Å². The van der Waals surface area contributed by atoms with Crippen molar-refractivity contribution in [3.8, 4) is 0 Å². The smallest absolute Gasteiger partial charge is 0.0544 e. The molecule has 0 bridgehead atoms. The number of rotatable bonds is 5. The predicted octanol–water partition coefficient (Wildman–Crippen LogP) is 2.99. The first-order valence-corrected chi connectivity index (χ1v) is 6.66. The molecule has 0 radical (unpaired) electrons. The molecule has 0 fully saturated rings. The van der Waals surface area contributed by atoms with Gasteiger partial charge in [0.2, 0.25) is 0 Å². The van der Waals surface area contributed by atoms with E-state index in [1.807, 2.05) is 31.3 Å². The van der Waals surface area contributed by atoms with Gasteiger partial charge in [0.05, 0.1) is 5.69 Å². The highest BCUT2D eigenvalue weighted by Gasteiger charge is 2.06. The van der Waals surface area contributed by atoms with Gasteiger partial charge in [0.1, 0.15) is 0 Å². The van der Waals surface area contributed by atoms with Crippen LogP contribution < -0.4 is 5.73 Å². The third-order valence-electron chi connectivity index (χ3n) is 3.30. The molecule has 0 aliphatic carbocycles. The zero-order chi connectivity index (χ0) is 13.7. The van der Waals surface area contributed by atoms with Crippen LogP contribution in [0.3, 0.4) is 0 Å². The quantitative estimate of drug-likeness (QED) is 0.835. The van der Waals surface area contributed by atoms with Gasteiger partial charge in [-0.15, -0.1) is 0 Å². The van der Waals surface area contributed by atoms with E-state index < -0.39 is 0 Å². The van der Waals surface area contributed by atoms with Gasteiger partial charge in [-0.1, -0.05) is 25.1 Å². The molecule has 3 nitrogen and oxygen atoms in total. The van der Waals surface area contributed by atoms with Gasteiger partial charge in [0.25, 0.3) is 0 Å². The minimum atomic E-state index is 0.858. The van der Waals surface area contributed by atoms with Crippen molar-refractivity contribution >= 4 is 5.69 Å². The van der Waals surface area contributed by atoms with Crippen LogP contribution in [0.2, 0.25) is 0 Å².